The molecular formula is C26H34N4O3. The van der Waals surface area contributed by atoms with Gasteiger partial charge in [-0.1, -0.05) is 39.0 Å². The molecule has 0 aliphatic rings. The van der Waals surface area contributed by atoms with E-state index in [-0.39, 0.29) is 0 Å². The van der Waals surface area contributed by atoms with E-state index in [2.05, 4.69) is 42.0 Å². The van der Waals surface area contributed by atoms with Gasteiger partial charge in [0.1, 0.15) is 0 Å². The number of aromatic nitrogens is 1. The fraction of sp³-hybridized carbons (Fsp3) is 0.385. The summed E-state index contributed by atoms with van der Waals surface area (Å²) in [6.45, 7) is 10.0. The lowest BCUT2D eigenvalue weighted by molar-refractivity contribution is 0.100. The number of nitrogens with two attached hydrogens (primary N) is 1. The van der Waals surface area contributed by atoms with E-state index >= 15 is 0 Å². The van der Waals surface area contributed by atoms with E-state index in [1.165, 1.54) is 6.20 Å². The summed E-state index contributed by atoms with van der Waals surface area (Å²) in [5.74, 6) is 0.668. The zero-order valence-corrected chi connectivity index (χ0v) is 20.0. The Morgan fingerprint density at radius 3 is 2.55 bits per heavy atom. The molecular weight excluding hydrogens is 416 g/mol. The Morgan fingerprint density at radius 2 is 1.88 bits per heavy atom. The van der Waals surface area contributed by atoms with Crippen LogP contribution < -0.4 is 20.5 Å². The van der Waals surface area contributed by atoms with Crippen LogP contribution in [0.15, 0.2) is 42.6 Å². The third-order valence-corrected chi connectivity index (χ3v) is 5.85. The van der Waals surface area contributed by atoms with Gasteiger partial charge in [-0.2, -0.15) is 0 Å². The number of benzene rings is 2. The van der Waals surface area contributed by atoms with Crippen molar-refractivity contribution < 1.29 is 14.3 Å². The van der Waals surface area contributed by atoms with Crippen molar-refractivity contribution in [1.82, 2.24) is 9.88 Å². The van der Waals surface area contributed by atoms with Crippen molar-refractivity contribution in [2.75, 3.05) is 38.7 Å². The van der Waals surface area contributed by atoms with Gasteiger partial charge < -0.3 is 25.4 Å². The van der Waals surface area contributed by atoms with Crippen LogP contribution in [0.3, 0.4) is 0 Å². The summed E-state index contributed by atoms with van der Waals surface area (Å²) in [6.07, 6.45) is 3.28. The topological polar surface area (TPSA) is 89.7 Å². The summed E-state index contributed by atoms with van der Waals surface area (Å²) in [6, 6.07) is 11.7. The molecule has 1 aromatic heterocycles. The molecule has 0 unspecified atom stereocenters. The van der Waals surface area contributed by atoms with Gasteiger partial charge in [0, 0.05) is 29.9 Å². The molecule has 2 aromatic carbocycles. The molecule has 0 atom stereocenters. The second-order valence-corrected chi connectivity index (χ2v) is 7.80. The van der Waals surface area contributed by atoms with Gasteiger partial charge in [-0.05, 0) is 43.6 Å². The summed E-state index contributed by atoms with van der Waals surface area (Å²) < 4.78 is 11.7. The maximum absolute atomic E-state index is 12.2. The number of pyridine rings is 1. The Bertz CT molecular complexity index is 1100. The van der Waals surface area contributed by atoms with E-state index in [0.29, 0.717) is 34.9 Å². The van der Waals surface area contributed by atoms with Gasteiger partial charge in [-0.25, -0.2) is 0 Å². The van der Waals surface area contributed by atoms with Crippen LogP contribution in [0.1, 0.15) is 43.1 Å². The van der Waals surface area contributed by atoms with Crippen molar-refractivity contribution in [3.05, 3.63) is 53.7 Å². The minimum Gasteiger partial charge on any atom is -0.493 e. The van der Waals surface area contributed by atoms with Gasteiger partial charge in [-0.3, -0.25) is 9.78 Å². The number of nitrogens with zero attached hydrogens (tertiary/aromatic N) is 2. The molecule has 0 radical (unpaired) electrons. The zero-order chi connectivity index (χ0) is 23.8. The molecule has 7 heteroatoms. The van der Waals surface area contributed by atoms with Crippen LogP contribution in [0.4, 0.5) is 11.4 Å². The molecule has 1 heterocycles. The normalized spacial score (nSPS) is 11.1. The lowest BCUT2D eigenvalue weighted by Crippen LogP contribution is -2.25. The number of amides is 1. The molecule has 0 aliphatic carbocycles. The van der Waals surface area contributed by atoms with Crippen molar-refractivity contribution in [2.45, 2.75) is 33.6 Å². The van der Waals surface area contributed by atoms with Crippen LogP contribution in [0.25, 0.3) is 10.9 Å². The summed E-state index contributed by atoms with van der Waals surface area (Å²) in [5.41, 5.74) is 9.36. The molecule has 3 rings (SSSR count). The summed E-state index contributed by atoms with van der Waals surface area (Å²) in [7, 11) is 1.61. The molecule has 3 N–H and O–H groups in total. The lowest BCUT2D eigenvalue weighted by atomic mass is 10.1. The lowest BCUT2D eigenvalue weighted by Gasteiger charge is -2.19. The van der Waals surface area contributed by atoms with Crippen molar-refractivity contribution >= 4 is 28.2 Å². The predicted octanol–water partition coefficient (Wildman–Crippen LogP) is 4.76. The Hall–Kier alpha value is -3.32. The van der Waals surface area contributed by atoms with Crippen molar-refractivity contribution in [2.24, 2.45) is 5.73 Å². The molecule has 0 fully saturated rings. The fourth-order valence-corrected chi connectivity index (χ4v) is 3.89. The van der Waals surface area contributed by atoms with Gasteiger partial charge in [0.05, 0.1) is 30.5 Å². The molecule has 33 heavy (non-hydrogen) atoms. The van der Waals surface area contributed by atoms with Crippen molar-refractivity contribution in [1.29, 1.82) is 0 Å². The Balaban J connectivity index is 1.96. The highest BCUT2D eigenvalue weighted by Crippen LogP contribution is 2.37. The SMILES string of the molecule is CCc1ccccc1Nc1c(C(N)=O)cnc2cc(OCCCN(CC)CC)c(OC)cc12. The molecule has 3 aromatic rings. The third kappa shape index (κ3) is 5.73. The van der Waals surface area contributed by atoms with Crippen LogP contribution in [-0.2, 0) is 6.42 Å². The fourth-order valence-electron chi connectivity index (χ4n) is 3.89. The summed E-state index contributed by atoms with van der Waals surface area (Å²) >= 11 is 0. The minimum absolute atomic E-state index is 0.323. The van der Waals surface area contributed by atoms with Crippen molar-refractivity contribution in [3.8, 4) is 11.5 Å². The third-order valence-electron chi connectivity index (χ3n) is 5.85. The van der Waals surface area contributed by atoms with E-state index < -0.39 is 5.91 Å². The molecule has 0 spiro atoms. The quantitative estimate of drug-likeness (QED) is 0.387. The number of aryl methyl sites for hydroxylation is 1. The van der Waals surface area contributed by atoms with E-state index in [9.17, 15) is 4.79 Å². The first kappa shape index (κ1) is 24.3. The number of rotatable bonds is 12. The number of nitrogens with one attached hydrogen (secondary N) is 1. The monoisotopic (exact) mass is 450 g/mol. The minimum atomic E-state index is -0.545. The van der Waals surface area contributed by atoms with Gasteiger partial charge in [0.15, 0.2) is 11.5 Å². The molecule has 176 valence electrons. The second-order valence-electron chi connectivity index (χ2n) is 7.80. The number of methoxy groups -OCH3 is 1. The number of carbonyl (C=O) groups excluding carboxylic acids is 1. The zero-order valence-electron chi connectivity index (χ0n) is 20.0. The number of hydrogen-bond donors (Lipinski definition) is 2. The average Bonchev–Trinajstić information content (AvgIpc) is 2.83. The van der Waals surface area contributed by atoms with E-state index in [1.807, 2.05) is 30.3 Å². The standard InChI is InChI=1S/C26H34N4O3/c1-5-18-11-8-9-12-21(18)29-25-19-15-23(32-4)24(33-14-10-13-30(6-2)7-3)16-22(19)28-17-20(25)26(27)31/h8-9,11-12,15-17H,5-7,10,13-14H2,1-4H3,(H2,27,31)(H,28,29). The first-order chi connectivity index (χ1) is 16.0. The maximum atomic E-state index is 12.2. The number of hydrogen-bond acceptors (Lipinski definition) is 6. The summed E-state index contributed by atoms with van der Waals surface area (Å²) in [4.78, 5) is 19.0. The Labute approximate surface area is 195 Å². The highest BCUT2D eigenvalue weighted by molar-refractivity contribution is 6.08. The first-order valence-electron chi connectivity index (χ1n) is 11.5. The largest absolute Gasteiger partial charge is 0.493 e. The number of anilines is 2. The number of fused-ring (bicyclic) bond motifs is 1. The number of para-hydroxylation sites is 1. The summed E-state index contributed by atoms with van der Waals surface area (Å²) in [5, 5.41) is 4.16. The van der Waals surface area contributed by atoms with Gasteiger partial charge in [-0.15, -0.1) is 0 Å². The van der Waals surface area contributed by atoms with Crippen molar-refractivity contribution in [3.63, 3.8) is 0 Å². The van der Waals surface area contributed by atoms with Crippen LogP contribution in [0.5, 0.6) is 11.5 Å². The van der Waals surface area contributed by atoms with E-state index in [4.69, 9.17) is 15.2 Å². The average molecular weight is 451 g/mol. The predicted molar refractivity (Wildman–Crippen MR) is 134 cm³/mol. The number of carbonyl (C=O) groups is 1. The molecule has 0 aliphatic heterocycles. The molecule has 0 saturated carbocycles. The van der Waals surface area contributed by atoms with Gasteiger partial charge in [0.25, 0.3) is 5.91 Å². The first-order valence-corrected chi connectivity index (χ1v) is 11.5. The number of ether oxygens (including phenoxy) is 2. The maximum Gasteiger partial charge on any atom is 0.252 e. The highest BCUT2D eigenvalue weighted by Gasteiger charge is 2.18. The van der Waals surface area contributed by atoms with Crippen LogP contribution in [0, 0.1) is 0 Å². The number of primary amides is 1. The van der Waals surface area contributed by atoms with E-state index in [1.54, 1.807) is 7.11 Å². The molecule has 0 bridgehead atoms. The van der Waals surface area contributed by atoms with Crippen LogP contribution in [0.2, 0.25) is 0 Å². The van der Waals surface area contributed by atoms with Crippen LogP contribution in [-0.4, -0.2) is 49.1 Å². The highest BCUT2D eigenvalue weighted by atomic mass is 16.5. The smallest absolute Gasteiger partial charge is 0.252 e. The molecule has 7 nitrogen and oxygen atoms in total. The van der Waals surface area contributed by atoms with E-state index in [0.717, 1.165) is 49.1 Å². The Morgan fingerprint density at radius 1 is 1.12 bits per heavy atom. The van der Waals surface area contributed by atoms with Crippen LogP contribution >= 0.6 is 0 Å². The molecule has 1 amide bonds. The second kappa shape index (κ2) is 11.5. The van der Waals surface area contributed by atoms with Gasteiger partial charge in [0.2, 0.25) is 0 Å². The Kier molecular flexibility index (Phi) is 8.49. The van der Waals surface area contributed by atoms with Gasteiger partial charge >= 0.3 is 0 Å². The molecule has 0 saturated heterocycles.